The molecule has 5 nitrogen and oxygen atoms in total. The molecule has 2 aromatic carbocycles. The minimum atomic E-state index is -1.01. The lowest BCUT2D eigenvalue weighted by molar-refractivity contribution is 0.0304. The second-order valence-electron chi connectivity index (χ2n) is 6.31. The Kier molecular flexibility index (Phi) is 5.11. The number of morpholine rings is 1. The molecule has 0 atom stereocenters. The average molecular weight is 404 g/mol. The van der Waals surface area contributed by atoms with Gasteiger partial charge in [0, 0.05) is 35.1 Å². The number of aromatic nitrogens is 1. The molecule has 0 radical (unpaired) electrons. The van der Waals surface area contributed by atoms with Crippen LogP contribution in [0.3, 0.4) is 0 Å². The van der Waals surface area contributed by atoms with Crippen LogP contribution in [-0.2, 0) is 4.74 Å². The summed E-state index contributed by atoms with van der Waals surface area (Å²) in [6, 6.07) is 8.95. The fourth-order valence-electron chi connectivity index (χ4n) is 3.18. The number of amides is 1. The third-order valence-electron chi connectivity index (χ3n) is 4.59. The van der Waals surface area contributed by atoms with E-state index in [0.29, 0.717) is 47.7 Å². The fraction of sp³-hybridized carbons (Fsp3) is 0.200. The number of benzene rings is 2. The molecule has 4 rings (SSSR count). The molecule has 144 valence electrons. The summed E-state index contributed by atoms with van der Waals surface area (Å²) in [5, 5.41) is 4.22. The summed E-state index contributed by atoms with van der Waals surface area (Å²) in [5.74, 6) is -1.89. The number of fused-ring (bicyclic) bond motifs is 1. The number of carbonyl (C=O) groups excluding carboxylic acids is 1. The van der Waals surface area contributed by atoms with Gasteiger partial charge in [0.15, 0.2) is 11.6 Å². The molecule has 28 heavy (non-hydrogen) atoms. The van der Waals surface area contributed by atoms with E-state index in [4.69, 9.17) is 16.3 Å². The maximum absolute atomic E-state index is 14.1. The number of ether oxygens (including phenoxy) is 1. The Morgan fingerprint density at radius 3 is 2.68 bits per heavy atom. The van der Waals surface area contributed by atoms with E-state index in [0.717, 1.165) is 6.07 Å². The smallest absolute Gasteiger partial charge is 0.256 e. The SMILES string of the molecule is O=C(c1cnc(Nc2cccc(F)c2F)c2cccc(Cl)c12)N1CCOCC1. The second kappa shape index (κ2) is 7.69. The molecule has 0 saturated carbocycles. The van der Waals surface area contributed by atoms with Gasteiger partial charge in [0.1, 0.15) is 5.82 Å². The van der Waals surface area contributed by atoms with E-state index >= 15 is 0 Å². The molecule has 1 fully saturated rings. The lowest BCUT2D eigenvalue weighted by Gasteiger charge is -2.27. The van der Waals surface area contributed by atoms with Crippen molar-refractivity contribution >= 4 is 39.8 Å². The van der Waals surface area contributed by atoms with Gasteiger partial charge in [0.25, 0.3) is 5.91 Å². The molecule has 0 bridgehead atoms. The van der Waals surface area contributed by atoms with Crippen molar-refractivity contribution in [3.05, 3.63) is 64.8 Å². The summed E-state index contributed by atoms with van der Waals surface area (Å²) < 4.78 is 32.9. The summed E-state index contributed by atoms with van der Waals surface area (Å²) in [6.45, 7) is 1.92. The van der Waals surface area contributed by atoms with E-state index in [9.17, 15) is 13.6 Å². The number of anilines is 2. The van der Waals surface area contributed by atoms with Crippen molar-refractivity contribution in [2.24, 2.45) is 0 Å². The first-order valence-corrected chi connectivity index (χ1v) is 9.09. The molecule has 0 aliphatic carbocycles. The number of hydrogen-bond acceptors (Lipinski definition) is 4. The van der Waals surface area contributed by atoms with Gasteiger partial charge in [0.05, 0.1) is 24.5 Å². The van der Waals surface area contributed by atoms with E-state index in [1.54, 1.807) is 23.1 Å². The highest BCUT2D eigenvalue weighted by molar-refractivity contribution is 6.37. The quantitative estimate of drug-likeness (QED) is 0.705. The summed E-state index contributed by atoms with van der Waals surface area (Å²) in [4.78, 5) is 19.0. The first-order valence-electron chi connectivity index (χ1n) is 8.71. The van der Waals surface area contributed by atoms with Gasteiger partial charge in [-0.2, -0.15) is 0 Å². The third kappa shape index (κ3) is 3.39. The van der Waals surface area contributed by atoms with Crippen molar-refractivity contribution in [3.63, 3.8) is 0 Å². The molecule has 1 amide bonds. The largest absolute Gasteiger partial charge is 0.378 e. The minimum Gasteiger partial charge on any atom is -0.378 e. The molecular weight excluding hydrogens is 388 g/mol. The van der Waals surface area contributed by atoms with Crippen molar-refractivity contribution in [2.45, 2.75) is 0 Å². The van der Waals surface area contributed by atoms with Crippen molar-refractivity contribution in [1.82, 2.24) is 9.88 Å². The van der Waals surface area contributed by atoms with Crippen LogP contribution >= 0.6 is 11.6 Å². The molecular formula is C20H16ClF2N3O2. The maximum Gasteiger partial charge on any atom is 0.256 e. The van der Waals surface area contributed by atoms with Crippen molar-refractivity contribution in [3.8, 4) is 0 Å². The fourth-order valence-corrected chi connectivity index (χ4v) is 3.46. The first kappa shape index (κ1) is 18.6. The molecule has 3 aromatic rings. The molecule has 1 aromatic heterocycles. The predicted octanol–water partition coefficient (Wildman–Crippen LogP) is 4.38. The Labute approximate surface area is 164 Å². The van der Waals surface area contributed by atoms with Gasteiger partial charge in [-0.15, -0.1) is 0 Å². The van der Waals surface area contributed by atoms with Crippen LogP contribution in [0.5, 0.6) is 0 Å². The zero-order chi connectivity index (χ0) is 19.7. The average Bonchev–Trinajstić information content (AvgIpc) is 2.72. The van der Waals surface area contributed by atoms with Crippen LogP contribution in [0.1, 0.15) is 10.4 Å². The highest BCUT2D eigenvalue weighted by Gasteiger charge is 2.23. The van der Waals surface area contributed by atoms with Crippen LogP contribution < -0.4 is 5.32 Å². The van der Waals surface area contributed by atoms with Gasteiger partial charge in [-0.25, -0.2) is 13.8 Å². The molecule has 1 aliphatic heterocycles. The van der Waals surface area contributed by atoms with Crippen molar-refractivity contribution in [1.29, 1.82) is 0 Å². The topological polar surface area (TPSA) is 54.5 Å². The molecule has 1 N–H and O–H groups in total. The number of nitrogens with one attached hydrogen (secondary N) is 1. The first-order chi connectivity index (χ1) is 13.6. The van der Waals surface area contributed by atoms with Gasteiger partial charge < -0.3 is 15.0 Å². The molecule has 1 saturated heterocycles. The van der Waals surface area contributed by atoms with Crippen LogP contribution in [0.2, 0.25) is 5.02 Å². The van der Waals surface area contributed by atoms with E-state index in [1.807, 2.05) is 0 Å². The van der Waals surface area contributed by atoms with Crippen LogP contribution in [-0.4, -0.2) is 42.1 Å². The monoisotopic (exact) mass is 403 g/mol. The van der Waals surface area contributed by atoms with E-state index in [-0.39, 0.29) is 17.4 Å². The standard InChI is InChI=1S/C20H16ClF2N3O2/c21-14-4-1-3-12-17(14)13(20(27)26-7-9-28-10-8-26)11-24-19(12)25-16-6-2-5-15(22)18(16)23/h1-6,11H,7-10H2,(H,24,25). The molecule has 0 spiro atoms. The van der Waals surface area contributed by atoms with Crippen LogP contribution in [0, 0.1) is 11.6 Å². The van der Waals surface area contributed by atoms with Gasteiger partial charge in [-0.3, -0.25) is 4.79 Å². The van der Waals surface area contributed by atoms with E-state index in [1.165, 1.54) is 18.3 Å². The van der Waals surface area contributed by atoms with Gasteiger partial charge in [-0.1, -0.05) is 29.8 Å². The van der Waals surface area contributed by atoms with Crippen molar-refractivity contribution in [2.75, 3.05) is 31.6 Å². The Balaban J connectivity index is 1.79. The van der Waals surface area contributed by atoms with Gasteiger partial charge in [-0.05, 0) is 18.2 Å². The highest BCUT2D eigenvalue weighted by Crippen LogP contribution is 2.33. The number of rotatable bonds is 3. The number of carbonyl (C=O) groups is 1. The molecule has 2 heterocycles. The minimum absolute atomic E-state index is 0.0546. The Bertz CT molecular complexity index is 1060. The highest BCUT2D eigenvalue weighted by atomic mass is 35.5. The zero-order valence-corrected chi connectivity index (χ0v) is 15.5. The second-order valence-corrected chi connectivity index (χ2v) is 6.72. The number of pyridine rings is 1. The van der Waals surface area contributed by atoms with Gasteiger partial charge >= 0.3 is 0 Å². The zero-order valence-electron chi connectivity index (χ0n) is 14.7. The molecule has 8 heteroatoms. The lowest BCUT2D eigenvalue weighted by Crippen LogP contribution is -2.40. The summed E-state index contributed by atoms with van der Waals surface area (Å²) in [5.41, 5.74) is 0.300. The van der Waals surface area contributed by atoms with Crippen LogP contribution in [0.25, 0.3) is 10.8 Å². The lowest BCUT2D eigenvalue weighted by atomic mass is 10.1. The van der Waals surface area contributed by atoms with Gasteiger partial charge in [0.2, 0.25) is 0 Å². The molecule has 0 unspecified atom stereocenters. The summed E-state index contributed by atoms with van der Waals surface area (Å²) in [6.07, 6.45) is 1.41. The predicted molar refractivity (Wildman–Crippen MR) is 103 cm³/mol. The van der Waals surface area contributed by atoms with Crippen LogP contribution in [0.15, 0.2) is 42.6 Å². The van der Waals surface area contributed by atoms with E-state index < -0.39 is 11.6 Å². The third-order valence-corrected chi connectivity index (χ3v) is 4.91. The number of hydrogen-bond donors (Lipinski definition) is 1. The molecule has 1 aliphatic rings. The van der Waals surface area contributed by atoms with Crippen LogP contribution in [0.4, 0.5) is 20.3 Å². The Morgan fingerprint density at radius 2 is 1.89 bits per heavy atom. The number of nitrogens with zero attached hydrogens (tertiary/aromatic N) is 2. The Hall–Kier alpha value is -2.77. The summed E-state index contributed by atoms with van der Waals surface area (Å²) >= 11 is 6.39. The summed E-state index contributed by atoms with van der Waals surface area (Å²) in [7, 11) is 0. The number of halogens is 3. The van der Waals surface area contributed by atoms with E-state index in [2.05, 4.69) is 10.3 Å². The Morgan fingerprint density at radius 1 is 1.14 bits per heavy atom. The normalized spacial score (nSPS) is 14.3. The van der Waals surface area contributed by atoms with Crippen molar-refractivity contribution < 1.29 is 18.3 Å². The maximum atomic E-state index is 14.1.